The second-order valence-electron chi connectivity index (χ2n) is 4.87. The summed E-state index contributed by atoms with van der Waals surface area (Å²) in [5, 5.41) is 15.3. The molecule has 17 heavy (non-hydrogen) atoms. The highest BCUT2D eigenvalue weighted by Crippen LogP contribution is 2.40. The van der Waals surface area contributed by atoms with Crippen molar-refractivity contribution in [3.05, 3.63) is 10.0 Å². The average Bonchev–Trinajstić information content (AvgIpc) is 2.84. The second-order valence-corrected chi connectivity index (χ2v) is 7.27. The standard InChI is InChI=1S/C12H19N3S2/c1(7-13-9-5-6-9)4-11-14-15-12(17-11)10-3-2-8-16-10/h9-10,13H,1-8H2. The first-order valence-electron chi connectivity index (χ1n) is 6.59. The van der Waals surface area contributed by atoms with Crippen molar-refractivity contribution in [2.24, 2.45) is 0 Å². The van der Waals surface area contributed by atoms with Crippen molar-refractivity contribution in [2.45, 2.75) is 49.8 Å². The predicted molar refractivity (Wildman–Crippen MR) is 73.7 cm³/mol. The Morgan fingerprint density at radius 1 is 1.24 bits per heavy atom. The van der Waals surface area contributed by atoms with E-state index in [-0.39, 0.29) is 0 Å². The van der Waals surface area contributed by atoms with Crippen LogP contribution in [0.5, 0.6) is 0 Å². The number of hydrogen-bond donors (Lipinski definition) is 1. The van der Waals surface area contributed by atoms with Crippen LogP contribution in [0.2, 0.25) is 0 Å². The summed E-state index contributed by atoms with van der Waals surface area (Å²) in [5.74, 6) is 1.30. The zero-order valence-electron chi connectivity index (χ0n) is 10.0. The van der Waals surface area contributed by atoms with Crippen molar-refractivity contribution in [3.63, 3.8) is 0 Å². The molecule has 2 aliphatic rings. The van der Waals surface area contributed by atoms with E-state index in [0.29, 0.717) is 5.25 Å². The van der Waals surface area contributed by atoms with E-state index in [0.717, 1.165) is 19.0 Å². The highest BCUT2D eigenvalue weighted by Gasteiger charge is 2.22. The quantitative estimate of drug-likeness (QED) is 0.806. The van der Waals surface area contributed by atoms with E-state index in [4.69, 9.17) is 0 Å². The molecule has 0 amide bonds. The first kappa shape index (κ1) is 11.9. The Labute approximate surface area is 111 Å². The molecule has 0 aromatic carbocycles. The molecular formula is C12H19N3S2. The van der Waals surface area contributed by atoms with E-state index < -0.39 is 0 Å². The number of hydrogen-bond acceptors (Lipinski definition) is 5. The van der Waals surface area contributed by atoms with Gasteiger partial charge in [0.05, 0.1) is 5.25 Å². The summed E-state index contributed by atoms with van der Waals surface area (Å²) in [5.41, 5.74) is 0. The normalized spacial score (nSPS) is 24.4. The molecule has 1 aromatic heterocycles. The molecule has 2 fully saturated rings. The number of rotatable bonds is 6. The van der Waals surface area contributed by atoms with Crippen LogP contribution < -0.4 is 5.32 Å². The first-order valence-corrected chi connectivity index (χ1v) is 8.45. The van der Waals surface area contributed by atoms with Gasteiger partial charge in [0, 0.05) is 12.5 Å². The Balaban J connectivity index is 1.42. The van der Waals surface area contributed by atoms with Crippen molar-refractivity contribution < 1.29 is 0 Å². The fraction of sp³-hybridized carbons (Fsp3) is 0.833. The van der Waals surface area contributed by atoms with E-state index in [9.17, 15) is 0 Å². The Bertz CT molecular complexity index is 356. The number of aromatic nitrogens is 2. The third kappa shape index (κ3) is 3.42. The summed E-state index contributed by atoms with van der Waals surface area (Å²) in [7, 11) is 0. The van der Waals surface area contributed by atoms with Crippen LogP contribution in [0.15, 0.2) is 0 Å². The SMILES string of the molecule is C(CNC1CC1)Cc1nnc(C2CCCS2)s1. The van der Waals surface area contributed by atoms with Gasteiger partial charge in [-0.05, 0) is 44.4 Å². The van der Waals surface area contributed by atoms with Crippen LogP contribution in [-0.2, 0) is 6.42 Å². The van der Waals surface area contributed by atoms with Gasteiger partial charge in [-0.15, -0.1) is 21.5 Å². The third-order valence-electron chi connectivity index (χ3n) is 3.27. The Kier molecular flexibility index (Phi) is 3.98. The van der Waals surface area contributed by atoms with Gasteiger partial charge in [-0.2, -0.15) is 11.8 Å². The minimum atomic E-state index is 0.644. The van der Waals surface area contributed by atoms with Gasteiger partial charge in [0.1, 0.15) is 10.0 Å². The molecule has 3 nitrogen and oxygen atoms in total. The molecule has 1 aliphatic heterocycles. The van der Waals surface area contributed by atoms with Crippen molar-refractivity contribution in [1.29, 1.82) is 0 Å². The highest BCUT2D eigenvalue weighted by molar-refractivity contribution is 7.99. The maximum Gasteiger partial charge on any atom is 0.130 e. The van der Waals surface area contributed by atoms with Crippen molar-refractivity contribution in [1.82, 2.24) is 15.5 Å². The molecule has 1 aliphatic carbocycles. The molecule has 1 saturated carbocycles. The van der Waals surface area contributed by atoms with Gasteiger partial charge in [-0.3, -0.25) is 0 Å². The summed E-state index contributed by atoms with van der Waals surface area (Å²) in [6, 6.07) is 0.829. The molecule has 5 heteroatoms. The molecule has 1 unspecified atom stereocenters. The predicted octanol–water partition coefficient (Wildman–Crippen LogP) is 2.79. The molecule has 94 valence electrons. The van der Waals surface area contributed by atoms with Crippen LogP contribution in [0.4, 0.5) is 0 Å². The van der Waals surface area contributed by atoms with E-state index >= 15 is 0 Å². The number of thioether (sulfide) groups is 1. The van der Waals surface area contributed by atoms with Crippen LogP contribution in [0.3, 0.4) is 0 Å². The van der Waals surface area contributed by atoms with Gasteiger partial charge in [0.25, 0.3) is 0 Å². The fourth-order valence-corrected chi connectivity index (χ4v) is 4.49. The number of aryl methyl sites for hydroxylation is 1. The fourth-order valence-electron chi connectivity index (χ4n) is 2.10. The second kappa shape index (κ2) is 5.67. The summed E-state index contributed by atoms with van der Waals surface area (Å²) in [6.07, 6.45) is 7.68. The minimum Gasteiger partial charge on any atom is -0.314 e. The lowest BCUT2D eigenvalue weighted by molar-refractivity contribution is 0.642. The van der Waals surface area contributed by atoms with E-state index in [1.807, 2.05) is 23.1 Å². The van der Waals surface area contributed by atoms with Crippen LogP contribution in [-0.4, -0.2) is 28.5 Å². The smallest absolute Gasteiger partial charge is 0.130 e. The van der Waals surface area contributed by atoms with Crippen molar-refractivity contribution in [3.8, 4) is 0 Å². The lowest BCUT2D eigenvalue weighted by atomic mass is 10.3. The van der Waals surface area contributed by atoms with Crippen molar-refractivity contribution >= 4 is 23.1 Å². The number of nitrogens with zero attached hydrogens (tertiary/aromatic N) is 2. The highest BCUT2D eigenvalue weighted by atomic mass is 32.2. The monoisotopic (exact) mass is 269 g/mol. The summed E-state index contributed by atoms with van der Waals surface area (Å²) < 4.78 is 0. The van der Waals surface area contributed by atoms with E-state index in [1.165, 1.54) is 47.9 Å². The molecule has 2 heterocycles. The van der Waals surface area contributed by atoms with Gasteiger partial charge in [-0.25, -0.2) is 0 Å². The largest absolute Gasteiger partial charge is 0.314 e. The van der Waals surface area contributed by atoms with Gasteiger partial charge >= 0.3 is 0 Å². The Morgan fingerprint density at radius 3 is 2.94 bits per heavy atom. The van der Waals surface area contributed by atoms with Crippen LogP contribution in [0.1, 0.15) is 47.4 Å². The molecular weight excluding hydrogens is 250 g/mol. The molecule has 1 atom stereocenters. The molecule has 0 radical (unpaired) electrons. The first-order chi connectivity index (χ1) is 8.42. The molecule has 1 N–H and O–H groups in total. The van der Waals surface area contributed by atoms with Gasteiger partial charge in [0.2, 0.25) is 0 Å². The minimum absolute atomic E-state index is 0.644. The van der Waals surface area contributed by atoms with Crippen LogP contribution in [0, 0.1) is 0 Å². The Morgan fingerprint density at radius 2 is 2.18 bits per heavy atom. The van der Waals surface area contributed by atoms with E-state index in [1.54, 1.807) is 0 Å². The zero-order valence-corrected chi connectivity index (χ0v) is 11.7. The number of nitrogens with one attached hydrogen (secondary N) is 1. The molecule has 3 rings (SSSR count). The molecule has 0 spiro atoms. The Hall–Kier alpha value is -0.130. The van der Waals surface area contributed by atoms with Gasteiger partial charge in [-0.1, -0.05) is 0 Å². The summed E-state index contributed by atoms with van der Waals surface area (Å²) in [4.78, 5) is 0. The lowest BCUT2D eigenvalue weighted by Crippen LogP contribution is -2.17. The summed E-state index contributed by atoms with van der Waals surface area (Å²) >= 11 is 3.88. The topological polar surface area (TPSA) is 37.8 Å². The molecule has 1 aromatic rings. The van der Waals surface area contributed by atoms with Gasteiger partial charge < -0.3 is 5.32 Å². The third-order valence-corrected chi connectivity index (χ3v) is 5.90. The molecule has 0 bridgehead atoms. The average molecular weight is 269 g/mol. The van der Waals surface area contributed by atoms with Crippen molar-refractivity contribution in [2.75, 3.05) is 12.3 Å². The van der Waals surface area contributed by atoms with Crippen LogP contribution >= 0.6 is 23.1 Å². The maximum atomic E-state index is 4.35. The lowest BCUT2D eigenvalue weighted by Gasteiger charge is -2.01. The van der Waals surface area contributed by atoms with Crippen LogP contribution in [0.25, 0.3) is 0 Å². The zero-order chi connectivity index (χ0) is 11.5. The van der Waals surface area contributed by atoms with Gasteiger partial charge in [0.15, 0.2) is 0 Å². The maximum absolute atomic E-state index is 4.35. The van der Waals surface area contributed by atoms with E-state index in [2.05, 4.69) is 15.5 Å². The molecule has 1 saturated heterocycles. The summed E-state index contributed by atoms with van der Waals surface area (Å²) in [6.45, 7) is 1.14.